The zero-order valence-corrected chi connectivity index (χ0v) is 15.8. The number of methoxy groups -OCH3 is 1. The van der Waals surface area contributed by atoms with Gasteiger partial charge in [-0.2, -0.15) is 0 Å². The van der Waals surface area contributed by atoms with Crippen molar-refractivity contribution in [2.75, 3.05) is 26.5 Å². The molecular formula is C15H25N2O8P. The topological polar surface area (TPSA) is 140 Å². The standard InChI is InChI=1S/C15H25N2O8P/c1-10(2)24-9-15(6-11(15)8-26(20,21)22)25-13(7-23-3)17-5-4-12(18)16-14(17)19/h4-5,10-11,13H,6-9H2,1-3H3,(H,16,18,19)(H2,20,21,22)/t11?,13-,15+/m1/s1. The summed E-state index contributed by atoms with van der Waals surface area (Å²) in [7, 11) is -2.78. The van der Waals surface area contributed by atoms with Crippen LogP contribution >= 0.6 is 7.60 Å². The minimum absolute atomic E-state index is 0.0119. The van der Waals surface area contributed by atoms with Gasteiger partial charge in [-0.25, -0.2) is 4.79 Å². The Morgan fingerprint density at radius 2 is 2.12 bits per heavy atom. The van der Waals surface area contributed by atoms with Crippen molar-refractivity contribution in [2.45, 2.75) is 38.2 Å². The van der Waals surface area contributed by atoms with Crippen LogP contribution in [0.2, 0.25) is 0 Å². The fourth-order valence-corrected chi connectivity index (χ4v) is 3.81. The van der Waals surface area contributed by atoms with E-state index >= 15 is 0 Å². The van der Waals surface area contributed by atoms with E-state index < -0.39 is 36.6 Å². The van der Waals surface area contributed by atoms with Crippen LogP contribution in [-0.2, 0) is 18.8 Å². The number of rotatable bonds is 10. The van der Waals surface area contributed by atoms with Gasteiger partial charge in [-0.15, -0.1) is 0 Å². The lowest BCUT2D eigenvalue weighted by atomic mass is 10.3. The Balaban J connectivity index is 2.25. The van der Waals surface area contributed by atoms with Gasteiger partial charge >= 0.3 is 13.3 Å². The van der Waals surface area contributed by atoms with E-state index in [9.17, 15) is 23.9 Å². The first kappa shape index (κ1) is 21.0. The van der Waals surface area contributed by atoms with Crippen LogP contribution < -0.4 is 11.2 Å². The van der Waals surface area contributed by atoms with Gasteiger partial charge in [0.2, 0.25) is 0 Å². The second-order valence-corrected chi connectivity index (χ2v) is 8.41. The predicted molar refractivity (Wildman–Crippen MR) is 92.2 cm³/mol. The predicted octanol–water partition coefficient (Wildman–Crippen LogP) is 0.0596. The molecule has 3 N–H and O–H groups in total. The van der Waals surface area contributed by atoms with E-state index in [1.807, 2.05) is 13.8 Å². The molecule has 1 aromatic heterocycles. The van der Waals surface area contributed by atoms with Gasteiger partial charge in [0.15, 0.2) is 6.23 Å². The first-order valence-electron chi connectivity index (χ1n) is 8.21. The molecule has 0 radical (unpaired) electrons. The lowest BCUT2D eigenvalue weighted by molar-refractivity contribution is -0.139. The molecule has 11 heteroatoms. The van der Waals surface area contributed by atoms with E-state index in [0.29, 0.717) is 6.42 Å². The monoisotopic (exact) mass is 392 g/mol. The van der Waals surface area contributed by atoms with E-state index in [4.69, 9.17) is 14.2 Å². The molecule has 3 atom stereocenters. The molecule has 1 saturated carbocycles. The van der Waals surface area contributed by atoms with Gasteiger partial charge in [-0.05, 0) is 20.3 Å². The van der Waals surface area contributed by atoms with Crippen molar-refractivity contribution < 1.29 is 28.6 Å². The van der Waals surface area contributed by atoms with Crippen molar-refractivity contribution in [2.24, 2.45) is 5.92 Å². The van der Waals surface area contributed by atoms with Crippen molar-refractivity contribution in [1.29, 1.82) is 0 Å². The highest BCUT2D eigenvalue weighted by atomic mass is 31.2. The van der Waals surface area contributed by atoms with Gasteiger partial charge in [0, 0.05) is 25.3 Å². The molecule has 0 amide bonds. The highest BCUT2D eigenvalue weighted by molar-refractivity contribution is 7.51. The van der Waals surface area contributed by atoms with E-state index in [2.05, 4.69) is 4.98 Å². The van der Waals surface area contributed by atoms with Crippen molar-refractivity contribution in [1.82, 2.24) is 9.55 Å². The molecular weight excluding hydrogens is 367 g/mol. The Morgan fingerprint density at radius 1 is 1.42 bits per heavy atom. The maximum absolute atomic E-state index is 12.1. The summed E-state index contributed by atoms with van der Waals surface area (Å²) in [5.74, 6) is -0.403. The number of hydrogen-bond donors (Lipinski definition) is 3. The summed E-state index contributed by atoms with van der Waals surface area (Å²) in [6.07, 6.45) is 0.394. The molecule has 0 saturated heterocycles. The van der Waals surface area contributed by atoms with Gasteiger partial charge in [0.25, 0.3) is 5.56 Å². The van der Waals surface area contributed by atoms with Crippen molar-refractivity contribution in [3.63, 3.8) is 0 Å². The molecule has 10 nitrogen and oxygen atoms in total. The quantitative estimate of drug-likeness (QED) is 0.475. The van der Waals surface area contributed by atoms with Crippen LogP contribution in [0.4, 0.5) is 0 Å². The summed E-state index contributed by atoms with van der Waals surface area (Å²) in [5.41, 5.74) is -2.12. The molecule has 1 fully saturated rings. The fraction of sp³-hybridized carbons (Fsp3) is 0.733. The molecule has 1 aliphatic rings. The van der Waals surface area contributed by atoms with Gasteiger partial charge in [0.1, 0.15) is 0 Å². The number of aromatic nitrogens is 2. The number of hydrogen-bond acceptors (Lipinski definition) is 6. The van der Waals surface area contributed by atoms with E-state index in [0.717, 1.165) is 0 Å². The molecule has 26 heavy (non-hydrogen) atoms. The lowest BCUT2D eigenvalue weighted by Crippen LogP contribution is -2.38. The largest absolute Gasteiger partial charge is 0.380 e. The molecule has 148 valence electrons. The molecule has 1 unspecified atom stereocenters. The van der Waals surface area contributed by atoms with Crippen LogP contribution in [0.25, 0.3) is 0 Å². The molecule has 1 heterocycles. The maximum Gasteiger partial charge on any atom is 0.330 e. The Labute approximate surface area is 150 Å². The Morgan fingerprint density at radius 3 is 2.65 bits per heavy atom. The third kappa shape index (κ3) is 5.60. The van der Waals surface area contributed by atoms with E-state index in [1.165, 1.54) is 23.9 Å². The Hall–Kier alpha value is -1.29. The van der Waals surface area contributed by atoms with Crippen molar-refractivity contribution in [3.8, 4) is 0 Å². The zero-order valence-electron chi connectivity index (χ0n) is 15.0. The lowest BCUT2D eigenvalue weighted by Gasteiger charge is -2.27. The van der Waals surface area contributed by atoms with Gasteiger partial charge in [-0.3, -0.25) is 18.9 Å². The maximum atomic E-state index is 12.1. The second kappa shape index (κ2) is 8.16. The Bertz CT molecular complexity index is 769. The van der Waals surface area contributed by atoms with E-state index in [-0.39, 0.29) is 25.5 Å². The zero-order chi connectivity index (χ0) is 19.5. The number of H-pyrrole nitrogens is 1. The van der Waals surface area contributed by atoms with Gasteiger partial charge in [-0.1, -0.05) is 0 Å². The smallest absolute Gasteiger partial charge is 0.330 e. The molecule has 0 aromatic carbocycles. The van der Waals surface area contributed by atoms with Gasteiger partial charge in [0.05, 0.1) is 31.1 Å². The summed E-state index contributed by atoms with van der Waals surface area (Å²) < 4.78 is 29.3. The number of nitrogens with zero attached hydrogens (tertiary/aromatic N) is 1. The summed E-state index contributed by atoms with van der Waals surface area (Å²) in [6, 6.07) is 1.19. The van der Waals surface area contributed by atoms with Crippen LogP contribution in [0, 0.1) is 5.92 Å². The minimum Gasteiger partial charge on any atom is -0.380 e. The fourth-order valence-electron chi connectivity index (χ4n) is 2.78. The molecule has 1 aromatic rings. The number of nitrogens with one attached hydrogen (secondary N) is 1. The summed E-state index contributed by atoms with van der Waals surface area (Å²) >= 11 is 0. The SMILES string of the molecule is COC[C@@H](O[C@]1(COC(C)C)CC1CP(=O)(O)O)n1ccc(=O)[nH]c1=O. The van der Waals surface area contributed by atoms with Crippen molar-refractivity contribution in [3.05, 3.63) is 33.1 Å². The van der Waals surface area contributed by atoms with Crippen LogP contribution in [0.15, 0.2) is 21.9 Å². The molecule has 1 aliphatic carbocycles. The third-order valence-electron chi connectivity index (χ3n) is 4.14. The highest BCUT2D eigenvalue weighted by Crippen LogP contribution is 2.55. The number of ether oxygens (including phenoxy) is 3. The summed E-state index contributed by atoms with van der Waals surface area (Å²) in [6.45, 7) is 3.83. The average Bonchev–Trinajstić information content (AvgIpc) is 3.15. The third-order valence-corrected chi connectivity index (χ3v) is 5.05. The Kier molecular flexibility index (Phi) is 6.60. The molecule has 0 spiro atoms. The van der Waals surface area contributed by atoms with Crippen LogP contribution in [0.1, 0.15) is 26.5 Å². The first-order chi connectivity index (χ1) is 12.1. The normalized spacial score (nSPS) is 24.0. The van der Waals surface area contributed by atoms with Crippen LogP contribution in [0.3, 0.4) is 0 Å². The molecule has 2 rings (SSSR count). The summed E-state index contributed by atoms with van der Waals surface area (Å²) in [4.78, 5) is 44.0. The number of aromatic amines is 1. The van der Waals surface area contributed by atoms with Crippen LogP contribution in [-0.4, -0.2) is 57.5 Å². The first-order valence-corrected chi connectivity index (χ1v) is 10.0. The van der Waals surface area contributed by atoms with Gasteiger partial charge < -0.3 is 24.0 Å². The molecule has 0 bridgehead atoms. The van der Waals surface area contributed by atoms with E-state index in [1.54, 1.807) is 0 Å². The highest BCUT2D eigenvalue weighted by Gasteiger charge is 2.59. The second-order valence-electron chi connectivity index (χ2n) is 6.72. The average molecular weight is 392 g/mol. The molecule has 0 aliphatic heterocycles. The van der Waals surface area contributed by atoms with Crippen molar-refractivity contribution >= 4 is 7.60 Å². The summed E-state index contributed by atoms with van der Waals surface area (Å²) in [5, 5.41) is 0. The minimum atomic E-state index is -4.22. The van der Waals surface area contributed by atoms with Crippen LogP contribution in [0.5, 0.6) is 0 Å².